The molecule has 2 atom stereocenters. The van der Waals surface area contributed by atoms with Gasteiger partial charge in [0, 0.05) is 12.6 Å². The Morgan fingerprint density at radius 3 is 2.77 bits per heavy atom. The van der Waals surface area contributed by atoms with Gasteiger partial charge in [-0.15, -0.1) is 0 Å². The van der Waals surface area contributed by atoms with E-state index in [9.17, 15) is 9.59 Å². The zero-order chi connectivity index (χ0) is 16.1. The number of primary amides is 1. The van der Waals surface area contributed by atoms with E-state index in [1.54, 1.807) is 17.0 Å². The number of nitrogens with two attached hydrogens (primary N) is 1. The van der Waals surface area contributed by atoms with E-state index in [1.165, 1.54) is 0 Å². The van der Waals surface area contributed by atoms with Crippen LogP contribution >= 0.6 is 11.6 Å². The summed E-state index contributed by atoms with van der Waals surface area (Å²) >= 11 is 5.99. The van der Waals surface area contributed by atoms with Crippen LogP contribution in [0.3, 0.4) is 0 Å². The van der Waals surface area contributed by atoms with E-state index in [4.69, 9.17) is 22.1 Å². The van der Waals surface area contributed by atoms with Crippen LogP contribution in [0.1, 0.15) is 26.2 Å². The van der Waals surface area contributed by atoms with Crippen LogP contribution in [-0.2, 0) is 9.59 Å². The lowest BCUT2D eigenvalue weighted by Gasteiger charge is -2.37. The van der Waals surface area contributed by atoms with Gasteiger partial charge in [-0.05, 0) is 31.9 Å². The number of para-hydroxylation sites is 1. The standard InChI is InChI=1S/C16H21ClN2O3/c1-11-6-7-12(16(18)21)10-19(11)15(20)8-9-22-14-5-3-2-4-13(14)17/h2-5,11-12H,6-10H2,1H3,(H2,18,21). The van der Waals surface area contributed by atoms with Crippen molar-refractivity contribution in [3.05, 3.63) is 29.3 Å². The fraction of sp³-hybridized carbons (Fsp3) is 0.500. The number of carbonyl (C=O) groups is 2. The Morgan fingerprint density at radius 1 is 1.36 bits per heavy atom. The number of benzene rings is 1. The summed E-state index contributed by atoms with van der Waals surface area (Å²) in [5.74, 6) is -0.0363. The van der Waals surface area contributed by atoms with Gasteiger partial charge in [0.1, 0.15) is 5.75 Å². The topological polar surface area (TPSA) is 72.6 Å². The summed E-state index contributed by atoms with van der Waals surface area (Å²) in [6, 6.07) is 7.28. The summed E-state index contributed by atoms with van der Waals surface area (Å²) in [5, 5.41) is 0.523. The van der Waals surface area contributed by atoms with E-state index < -0.39 is 0 Å². The van der Waals surface area contributed by atoms with Gasteiger partial charge in [-0.2, -0.15) is 0 Å². The first-order chi connectivity index (χ1) is 10.5. The molecule has 22 heavy (non-hydrogen) atoms. The first-order valence-electron chi connectivity index (χ1n) is 7.45. The lowest BCUT2D eigenvalue weighted by Crippen LogP contribution is -2.48. The van der Waals surface area contributed by atoms with Crippen molar-refractivity contribution in [2.75, 3.05) is 13.2 Å². The predicted molar refractivity (Wildman–Crippen MR) is 84.7 cm³/mol. The lowest BCUT2D eigenvalue weighted by molar-refractivity contribution is -0.138. The third-order valence-electron chi connectivity index (χ3n) is 4.01. The number of nitrogens with zero attached hydrogens (tertiary/aromatic N) is 1. The van der Waals surface area contributed by atoms with E-state index >= 15 is 0 Å². The molecule has 1 aliphatic rings. The van der Waals surface area contributed by atoms with Crippen molar-refractivity contribution >= 4 is 23.4 Å². The Hall–Kier alpha value is -1.75. The van der Waals surface area contributed by atoms with Crippen LogP contribution in [0.15, 0.2) is 24.3 Å². The molecular weight excluding hydrogens is 304 g/mol. The van der Waals surface area contributed by atoms with Crippen molar-refractivity contribution in [2.45, 2.75) is 32.2 Å². The minimum absolute atomic E-state index is 0.0227. The number of amides is 2. The van der Waals surface area contributed by atoms with Crippen molar-refractivity contribution in [1.29, 1.82) is 0 Å². The highest BCUT2D eigenvalue weighted by atomic mass is 35.5. The predicted octanol–water partition coefficient (Wildman–Crippen LogP) is 2.22. The van der Waals surface area contributed by atoms with Crippen molar-refractivity contribution in [1.82, 2.24) is 4.90 Å². The van der Waals surface area contributed by atoms with Crippen LogP contribution in [0, 0.1) is 5.92 Å². The van der Waals surface area contributed by atoms with E-state index in [0.717, 1.165) is 12.8 Å². The highest BCUT2D eigenvalue weighted by molar-refractivity contribution is 6.32. The number of hydrogen-bond donors (Lipinski definition) is 1. The number of hydrogen-bond acceptors (Lipinski definition) is 3. The average molecular weight is 325 g/mol. The first-order valence-corrected chi connectivity index (χ1v) is 7.83. The van der Waals surface area contributed by atoms with Gasteiger partial charge in [-0.1, -0.05) is 23.7 Å². The summed E-state index contributed by atoms with van der Waals surface area (Å²) in [5.41, 5.74) is 5.35. The smallest absolute Gasteiger partial charge is 0.226 e. The maximum atomic E-state index is 12.3. The molecule has 0 spiro atoms. The number of likely N-dealkylation sites (tertiary alicyclic amines) is 1. The minimum atomic E-state index is -0.336. The molecule has 2 rings (SSSR count). The lowest BCUT2D eigenvalue weighted by atomic mass is 9.92. The minimum Gasteiger partial charge on any atom is -0.491 e. The molecule has 6 heteroatoms. The van der Waals surface area contributed by atoms with Crippen LogP contribution < -0.4 is 10.5 Å². The van der Waals surface area contributed by atoms with Crippen molar-refractivity contribution in [3.63, 3.8) is 0 Å². The van der Waals surface area contributed by atoms with Gasteiger partial charge < -0.3 is 15.4 Å². The maximum Gasteiger partial charge on any atom is 0.226 e. The molecule has 0 aliphatic carbocycles. The highest BCUT2D eigenvalue weighted by Gasteiger charge is 2.31. The molecule has 1 heterocycles. The zero-order valence-corrected chi connectivity index (χ0v) is 13.4. The van der Waals surface area contributed by atoms with Crippen LogP contribution in [0.4, 0.5) is 0 Å². The van der Waals surface area contributed by atoms with Gasteiger partial charge in [0.15, 0.2) is 0 Å². The number of halogens is 1. The van der Waals surface area contributed by atoms with E-state index in [-0.39, 0.29) is 36.8 Å². The second-order valence-corrected chi connectivity index (χ2v) is 6.01. The third-order valence-corrected chi connectivity index (χ3v) is 4.33. The molecule has 2 unspecified atom stereocenters. The van der Waals surface area contributed by atoms with Gasteiger partial charge in [-0.3, -0.25) is 9.59 Å². The molecule has 0 bridgehead atoms. The van der Waals surface area contributed by atoms with E-state index in [1.807, 2.05) is 19.1 Å². The fourth-order valence-electron chi connectivity index (χ4n) is 2.64. The van der Waals surface area contributed by atoms with Crippen molar-refractivity contribution in [3.8, 4) is 5.75 Å². The molecule has 2 N–H and O–H groups in total. The molecule has 0 saturated carbocycles. The molecular formula is C16H21ClN2O3. The maximum absolute atomic E-state index is 12.3. The monoisotopic (exact) mass is 324 g/mol. The number of rotatable bonds is 5. The van der Waals surface area contributed by atoms with Gasteiger partial charge in [-0.25, -0.2) is 0 Å². The van der Waals surface area contributed by atoms with Crippen LogP contribution in [0.25, 0.3) is 0 Å². The fourth-order valence-corrected chi connectivity index (χ4v) is 2.83. The molecule has 1 saturated heterocycles. The third kappa shape index (κ3) is 4.13. The molecule has 120 valence electrons. The normalized spacial score (nSPS) is 21.5. The van der Waals surface area contributed by atoms with Crippen LogP contribution in [0.2, 0.25) is 5.02 Å². The summed E-state index contributed by atoms with van der Waals surface area (Å²) in [4.78, 5) is 25.4. The summed E-state index contributed by atoms with van der Waals surface area (Å²) < 4.78 is 5.54. The van der Waals surface area contributed by atoms with Crippen LogP contribution in [-0.4, -0.2) is 35.9 Å². The summed E-state index contributed by atoms with van der Waals surface area (Å²) in [7, 11) is 0. The SMILES string of the molecule is CC1CCC(C(N)=O)CN1C(=O)CCOc1ccccc1Cl. The van der Waals surface area contributed by atoms with Gasteiger partial charge >= 0.3 is 0 Å². The second-order valence-electron chi connectivity index (χ2n) is 5.60. The Kier molecular flexibility index (Phi) is 5.66. The molecule has 0 aromatic heterocycles. The Balaban J connectivity index is 1.86. The summed E-state index contributed by atoms with van der Waals surface area (Å²) in [6.07, 6.45) is 1.79. The van der Waals surface area contributed by atoms with Crippen LogP contribution in [0.5, 0.6) is 5.75 Å². The Morgan fingerprint density at radius 2 is 2.09 bits per heavy atom. The molecule has 1 aromatic carbocycles. The highest BCUT2D eigenvalue weighted by Crippen LogP contribution is 2.24. The summed E-state index contributed by atoms with van der Waals surface area (Å²) in [6.45, 7) is 2.65. The number of ether oxygens (including phenoxy) is 1. The first kappa shape index (κ1) is 16.6. The average Bonchev–Trinajstić information content (AvgIpc) is 2.49. The zero-order valence-electron chi connectivity index (χ0n) is 12.6. The quantitative estimate of drug-likeness (QED) is 0.902. The molecule has 5 nitrogen and oxygen atoms in total. The molecule has 1 fully saturated rings. The molecule has 1 aliphatic heterocycles. The van der Waals surface area contributed by atoms with Gasteiger partial charge in [0.25, 0.3) is 0 Å². The van der Waals surface area contributed by atoms with Gasteiger partial charge in [0.05, 0.1) is 24.0 Å². The Labute approximate surface area is 135 Å². The second kappa shape index (κ2) is 7.49. The van der Waals surface area contributed by atoms with E-state index in [0.29, 0.717) is 17.3 Å². The molecule has 2 amide bonds. The number of piperidine rings is 1. The van der Waals surface area contributed by atoms with Crippen molar-refractivity contribution < 1.29 is 14.3 Å². The largest absolute Gasteiger partial charge is 0.491 e. The van der Waals surface area contributed by atoms with Gasteiger partial charge in [0.2, 0.25) is 11.8 Å². The molecule has 1 aromatic rings. The Bertz CT molecular complexity index is 550. The van der Waals surface area contributed by atoms with Crippen molar-refractivity contribution in [2.24, 2.45) is 11.7 Å². The molecule has 0 radical (unpaired) electrons. The number of carbonyl (C=O) groups excluding carboxylic acids is 2. The van der Waals surface area contributed by atoms with E-state index in [2.05, 4.69) is 0 Å².